The molecule has 0 spiro atoms. The second-order valence-corrected chi connectivity index (χ2v) is 2.25. The molecular formula is C8H15NO3. The molecule has 1 aliphatic rings. The molecule has 0 atom stereocenters. The van der Waals surface area contributed by atoms with Gasteiger partial charge in [0.2, 0.25) is 0 Å². The van der Waals surface area contributed by atoms with Gasteiger partial charge in [0.1, 0.15) is 6.10 Å². The van der Waals surface area contributed by atoms with Gasteiger partial charge < -0.3 is 15.2 Å². The standard InChI is InChI=1S/C6H11NO3.C2H4/c7-6(8)10-5-1-3-9-4-2-5;1-2/h5H,1-4H2,(H2,7,8);1-2H2. The number of ether oxygens (including phenoxy) is 2. The molecule has 0 aromatic carbocycles. The van der Waals surface area contributed by atoms with E-state index in [2.05, 4.69) is 13.2 Å². The first-order chi connectivity index (χ1) is 5.79. The van der Waals surface area contributed by atoms with Crippen LogP contribution >= 0.6 is 0 Å². The smallest absolute Gasteiger partial charge is 0.404 e. The van der Waals surface area contributed by atoms with Crippen molar-refractivity contribution < 1.29 is 14.3 Å². The van der Waals surface area contributed by atoms with Crippen LogP contribution < -0.4 is 5.73 Å². The van der Waals surface area contributed by atoms with Gasteiger partial charge >= 0.3 is 6.09 Å². The molecule has 0 unspecified atom stereocenters. The van der Waals surface area contributed by atoms with Crippen molar-refractivity contribution in [1.82, 2.24) is 0 Å². The van der Waals surface area contributed by atoms with Crippen LogP contribution in [-0.4, -0.2) is 25.4 Å². The number of nitrogens with two attached hydrogens (primary N) is 1. The molecule has 1 saturated heterocycles. The molecule has 0 aromatic rings. The quantitative estimate of drug-likeness (QED) is 0.603. The second kappa shape index (κ2) is 6.67. The third-order valence-corrected chi connectivity index (χ3v) is 1.45. The first-order valence-corrected chi connectivity index (χ1v) is 3.83. The van der Waals surface area contributed by atoms with Crippen molar-refractivity contribution in [2.75, 3.05) is 13.2 Å². The molecule has 1 amide bonds. The van der Waals surface area contributed by atoms with Crippen molar-refractivity contribution in [3.8, 4) is 0 Å². The van der Waals surface area contributed by atoms with E-state index >= 15 is 0 Å². The van der Waals surface area contributed by atoms with Crippen LogP contribution in [0.25, 0.3) is 0 Å². The number of carbonyl (C=O) groups excluding carboxylic acids is 1. The van der Waals surface area contributed by atoms with Gasteiger partial charge in [-0.2, -0.15) is 0 Å². The van der Waals surface area contributed by atoms with E-state index in [9.17, 15) is 4.79 Å². The van der Waals surface area contributed by atoms with E-state index in [-0.39, 0.29) is 6.10 Å². The largest absolute Gasteiger partial charge is 0.446 e. The van der Waals surface area contributed by atoms with Crippen molar-refractivity contribution in [3.05, 3.63) is 13.2 Å². The summed E-state index contributed by atoms with van der Waals surface area (Å²) < 4.78 is 9.80. The number of primary amides is 1. The van der Waals surface area contributed by atoms with Gasteiger partial charge in [-0.15, -0.1) is 13.2 Å². The number of rotatable bonds is 1. The van der Waals surface area contributed by atoms with Gasteiger partial charge in [-0.1, -0.05) is 0 Å². The van der Waals surface area contributed by atoms with Gasteiger partial charge in [0.05, 0.1) is 13.2 Å². The predicted molar refractivity (Wildman–Crippen MR) is 45.8 cm³/mol. The molecule has 0 radical (unpaired) electrons. The van der Waals surface area contributed by atoms with Crippen molar-refractivity contribution in [2.24, 2.45) is 5.73 Å². The maximum absolute atomic E-state index is 10.2. The molecular weight excluding hydrogens is 158 g/mol. The highest BCUT2D eigenvalue weighted by Crippen LogP contribution is 2.09. The summed E-state index contributed by atoms with van der Waals surface area (Å²) in [5.74, 6) is 0. The maximum Gasteiger partial charge on any atom is 0.404 e. The molecule has 70 valence electrons. The Labute approximate surface area is 72.3 Å². The lowest BCUT2D eigenvalue weighted by Gasteiger charge is -2.20. The third kappa shape index (κ3) is 4.73. The van der Waals surface area contributed by atoms with Gasteiger partial charge in [-0.3, -0.25) is 0 Å². The number of carbonyl (C=O) groups is 1. The van der Waals surface area contributed by atoms with Gasteiger partial charge in [-0.05, 0) is 0 Å². The first kappa shape index (κ1) is 11.0. The summed E-state index contributed by atoms with van der Waals surface area (Å²) in [6.07, 6.45) is 0.824. The SMILES string of the molecule is C=C.NC(=O)OC1CCOCC1. The Bertz CT molecular complexity index is 132. The number of amides is 1. The Morgan fingerprint density at radius 3 is 2.33 bits per heavy atom. The molecule has 4 heteroatoms. The summed E-state index contributed by atoms with van der Waals surface area (Å²) in [5, 5.41) is 0. The van der Waals surface area contributed by atoms with E-state index in [0.717, 1.165) is 12.8 Å². The predicted octanol–water partition coefficient (Wildman–Crippen LogP) is 1.06. The Morgan fingerprint density at radius 1 is 1.42 bits per heavy atom. The lowest BCUT2D eigenvalue weighted by atomic mass is 10.2. The highest BCUT2D eigenvalue weighted by molar-refractivity contribution is 5.64. The van der Waals surface area contributed by atoms with Crippen LogP contribution in [0, 0.1) is 0 Å². The minimum atomic E-state index is -0.688. The van der Waals surface area contributed by atoms with Crippen LogP contribution in [0.15, 0.2) is 13.2 Å². The van der Waals surface area contributed by atoms with E-state index in [0.29, 0.717) is 13.2 Å². The molecule has 0 saturated carbocycles. The van der Waals surface area contributed by atoms with Crippen molar-refractivity contribution in [3.63, 3.8) is 0 Å². The Morgan fingerprint density at radius 2 is 1.92 bits per heavy atom. The van der Waals surface area contributed by atoms with Crippen LogP contribution in [0.4, 0.5) is 4.79 Å². The zero-order chi connectivity index (χ0) is 9.40. The molecule has 0 aromatic heterocycles. The lowest BCUT2D eigenvalue weighted by Crippen LogP contribution is -2.28. The Hall–Kier alpha value is -1.03. The molecule has 1 fully saturated rings. The van der Waals surface area contributed by atoms with Crippen molar-refractivity contribution >= 4 is 6.09 Å². The van der Waals surface area contributed by atoms with E-state index in [1.807, 2.05) is 0 Å². The highest BCUT2D eigenvalue weighted by Gasteiger charge is 2.15. The van der Waals surface area contributed by atoms with E-state index in [4.69, 9.17) is 15.2 Å². The summed E-state index contributed by atoms with van der Waals surface area (Å²) >= 11 is 0. The molecule has 12 heavy (non-hydrogen) atoms. The average Bonchev–Trinajstić information content (AvgIpc) is 2.08. The van der Waals surface area contributed by atoms with Crippen molar-refractivity contribution in [1.29, 1.82) is 0 Å². The number of hydrogen-bond donors (Lipinski definition) is 1. The molecule has 4 nitrogen and oxygen atoms in total. The van der Waals surface area contributed by atoms with Crippen LogP contribution in [0.1, 0.15) is 12.8 Å². The van der Waals surface area contributed by atoms with Gasteiger partial charge in [0.15, 0.2) is 0 Å². The van der Waals surface area contributed by atoms with Crippen LogP contribution in [0.5, 0.6) is 0 Å². The molecule has 0 bridgehead atoms. The van der Waals surface area contributed by atoms with Crippen LogP contribution in [0.3, 0.4) is 0 Å². The molecule has 2 N–H and O–H groups in total. The summed E-state index contributed by atoms with van der Waals surface area (Å²) in [7, 11) is 0. The van der Waals surface area contributed by atoms with E-state index < -0.39 is 6.09 Å². The molecule has 0 aliphatic carbocycles. The molecule has 1 rings (SSSR count). The summed E-state index contributed by atoms with van der Waals surface area (Å²) in [4.78, 5) is 10.2. The second-order valence-electron chi connectivity index (χ2n) is 2.25. The summed E-state index contributed by atoms with van der Waals surface area (Å²) in [6, 6.07) is 0. The highest BCUT2D eigenvalue weighted by atomic mass is 16.6. The monoisotopic (exact) mass is 173 g/mol. The number of hydrogen-bond acceptors (Lipinski definition) is 3. The summed E-state index contributed by atoms with van der Waals surface area (Å²) in [6.45, 7) is 7.33. The van der Waals surface area contributed by atoms with Crippen LogP contribution in [0.2, 0.25) is 0 Å². The lowest BCUT2D eigenvalue weighted by molar-refractivity contribution is 0.00450. The van der Waals surface area contributed by atoms with Gasteiger partial charge in [0, 0.05) is 12.8 Å². The van der Waals surface area contributed by atoms with E-state index in [1.165, 1.54) is 0 Å². The Kier molecular flexibility index (Phi) is 6.09. The molecule has 1 aliphatic heterocycles. The average molecular weight is 173 g/mol. The maximum atomic E-state index is 10.2. The van der Waals surface area contributed by atoms with Gasteiger partial charge in [-0.25, -0.2) is 4.79 Å². The minimum Gasteiger partial charge on any atom is -0.446 e. The molecule has 1 heterocycles. The van der Waals surface area contributed by atoms with E-state index in [1.54, 1.807) is 0 Å². The topological polar surface area (TPSA) is 61.6 Å². The first-order valence-electron chi connectivity index (χ1n) is 3.83. The minimum absolute atomic E-state index is 0.0220. The zero-order valence-electron chi connectivity index (χ0n) is 7.12. The fourth-order valence-corrected chi connectivity index (χ4v) is 0.958. The fourth-order valence-electron chi connectivity index (χ4n) is 0.958. The summed E-state index contributed by atoms with van der Waals surface area (Å²) in [5.41, 5.74) is 4.82. The zero-order valence-corrected chi connectivity index (χ0v) is 7.12. The van der Waals surface area contributed by atoms with Crippen LogP contribution in [-0.2, 0) is 9.47 Å². The third-order valence-electron chi connectivity index (χ3n) is 1.45. The van der Waals surface area contributed by atoms with Gasteiger partial charge in [0.25, 0.3) is 0 Å². The normalized spacial score (nSPS) is 17.3. The van der Waals surface area contributed by atoms with Crippen molar-refractivity contribution in [2.45, 2.75) is 18.9 Å². The fraction of sp³-hybridized carbons (Fsp3) is 0.625. The Balaban J connectivity index is 0.000000561.